The van der Waals surface area contributed by atoms with Crippen molar-refractivity contribution < 1.29 is 98.9 Å². The quantitative estimate of drug-likeness (QED) is 0.0318. The summed E-state index contributed by atoms with van der Waals surface area (Å²) in [6.07, 6.45) is -29.6. The van der Waals surface area contributed by atoms with Gasteiger partial charge in [-0.2, -0.15) is 0 Å². The van der Waals surface area contributed by atoms with Crippen molar-refractivity contribution in [1.82, 2.24) is 5.32 Å². The Morgan fingerprint density at radius 3 is 1.70 bits per heavy atom. The number of amides is 1. The first kappa shape index (κ1) is 43.5. The number of azide groups is 1. The van der Waals surface area contributed by atoms with Crippen molar-refractivity contribution in [2.45, 2.75) is 130 Å². The summed E-state index contributed by atoms with van der Waals surface area (Å²) in [4.78, 5) is 14.7. The normalized spacial score (nSPS) is 46.3. The maximum atomic E-state index is 12.0. The molecule has 0 bridgehead atoms. The summed E-state index contributed by atoms with van der Waals surface area (Å²) in [7, 11) is 0. The predicted molar refractivity (Wildman–Crippen MR) is 166 cm³/mol. The smallest absolute Gasteiger partial charge is 0.217 e. The number of carbonyl (C=O) groups is 1. The number of hydrogen-bond acceptors (Lipinski definition) is 21. The number of hydrogen-bond donors (Lipinski definition) is 12. The fourth-order valence-electron chi connectivity index (χ4n) is 6.41. The van der Waals surface area contributed by atoms with E-state index in [0.717, 1.165) is 6.92 Å². The van der Waals surface area contributed by atoms with Crippen LogP contribution in [0.5, 0.6) is 0 Å². The maximum Gasteiger partial charge on any atom is 0.217 e. The lowest BCUT2D eigenvalue weighted by Crippen LogP contribution is -2.68. The van der Waals surface area contributed by atoms with Gasteiger partial charge in [-0.1, -0.05) is 11.2 Å². The lowest BCUT2D eigenvalue weighted by Gasteiger charge is -2.49. The van der Waals surface area contributed by atoms with E-state index in [1.54, 1.807) is 0 Å². The molecular formula is C29H48N4O20. The van der Waals surface area contributed by atoms with Crippen LogP contribution in [-0.2, 0) is 42.7 Å². The molecule has 20 atom stereocenters. The zero-order valence-electron chi connectivity index (χ0n) is 28.3. The lowest BCUT2D eigenvalue weighted by molar-refractivity contribution is -0.376. The third kappa shape index (κ3) is 9.60. The summed E-state index contributed by atoms with van der Waals surface area (Å²) in [6.45, 7) is 1.21. The van der Waals surface area contributed by atoms with Gasteiger partial charge in [-0.3, -0.25) is 4.79 Å². The highest BCUT2D eigenvalue weighted by atomic mass is 16.8. The lowest BCUT2D eigenvalue weighted by atomic mass is 9.94. The number of nitrogens with zero attached hydrogens (tertiary/aromatic N) is 3. The zero-order chi connectivity index (χ0) is 39.1. The summed E-state index contributed by atoms with van der Waals surface area (Å²) >= 11 is 0. The largest absolute Gasteiger partial charge is 0.394 e. The van der Waals surface area contributed by atoms with Crippen LogP contribution in [0.4, 0.5) is 0 Å². The average molecular weight is 773 g/mol. The molecule has 0 aromatic heterocycles. The van der Waals surface area contributed by atoms with E-state index in [9.17, 15) is 66.5 Å². The fourth-order valence-corrected chi connectivity index (χ4v) is 6.41. The van der Waals surface area contributed by atoms with Crippen LogP contribution >= 0.6 is 0 Å². The summed E-state index contributed by atoms with van der Waals surface area (Å²) in [5.74, 6) is -0.598. The molecule has 0 spiro atoms. The number of carbonyl (C=O) groups excluding carboxylic acids is 1. The first-order valence-corrected chi connectivity index (χ1v) is 16.6. The molecule has 0 aliphatic carbocycles. The van der Waals surface area contributed by atoms with E-state index in [-0.39, 0.29) is 6.61 Å². The molecule has 53 heavy (non-hydrogen) atoms. The van der Waals surface area contributed by atoms with E-state index >= 15 is 0 Å². The molecule has 0 aromatic carbocycles. The summed E-state index contributed by atoms with van der Waals surface area (Å²) in [5.41, 5.74) is 9.46. The Hall–Kier alpha value is -2.24. The van der Waals surface area contributed by atoms with Crippen molar-refractivity contribution in [3.05, 3.63) is 23.1 Å². The fraction of sp³-hybridized carbons (Fsp3) is 0.897. The zero-order valence-corrected chi connectivity index (χ0v) is 28.3. The molecule has 0 aromatic rings. The van der Waals surface area contributed by atoms with Crippen molar-refractivity contribution in [2.75, 3.05) is 33.0 Å². The van der Waals surface area contributed by atoms with Gasteiger partial charge in [0.05, 0.1) is 33.0 Å². The Bertz CT molecular complexity index is 1230. The second-order valence-corrected chi connectivity index (χ2v) is 12.7. The van der Waals surface area contributed by atoms with Crippen LogP contribution in [0.1, 0.15) is 6.92 Å². The van der Waals surface area contributed by atoms with Crippen molar-refractivity contribution in [2.24, 2.45) is 5.11 Å². The highest BCUT2D eigenvalue weighted by Crippen LogP contribution is 2.35. The first-order chi connectivity index (χ1) is 25.3. The van der Waals surface area contributed by atoms with Crippen LogP contribution in [0.15, 0.2) is 17.8 Å². The maximum absolute atomic E-state index is 12.0. The molecule has 4 rings (SSSR count). The van der Waals surface area contributed by atoms with Gasteiger partial charge < -0.3 is 99.4 Å². The molecule has 0 radical (unpaired) electrons. The van der Waals surface area contributed by atoms with E-state index in [1.165, 1.54) is 6.08 Å². The molecule has 24 nitrogen and oxygen atoms in total. The number of aliphatic hydroxyl groups is 11. The highest BCUT2D eigenvalue weighted by Gasteiger charge is 2.55. The van der Waals surface area contributed by atoms with Gasteiger partial charge in [-0.05, 0) is 5.53 Å². The van der Waals surface area contributed by atoms with Gasteiger partial charge in [0.2, 0.25) is 5.91 Å². The van der Waals surface area contributed by atoms with Gasteiger partial charge in [-0.15, -0.1) is 6.58 Å². The third-order valence-corrected chi connectivity index (χ3v) is 9.15. The van der Waals surface area contributed by atoms with Gasteiger partial charge in [0.15, 0.2) is 25.2 Å². The minimum Gasteiger partial charge on any atom is -0.394 e. The van der Waals surface area contributed by atoms with Crippen molar-refractivity contribution >= 4 is 5.91 Å². The molecule has 304 valence electrons. The van der Waals surface area contributed by atoms with Crippen molar-refractivity contribution in [3.63, 3.8) is 0 Å². The first-order valence-electron chi connectivity index (χ1n) is 16.6. The standard InChI is InChI=1S/C29H48N4O20/c1-3-4-46-26-14(31-9(2)38)18(41)23(12(7-36)49-26)51-27-15(32-33-30)25(17(40)11(6-35)47-27)53-29-22(45)20(43)24(13(8-37)50-29)52-28-21(44)19(42)16(39)10(5-34)48-28/h3,10-29,34-37,39-45H,1,4-8H2,2H3,(H,31,38)/t10-,11-,12-,13-,14-,15-,16+,17-,18-,19+,20-,21-,22-,23-,24-,25-,26-,27+,28+,29+/m1/s1. The monoisotopic (exact) mass is 772 g/mol. The van der Waals surface area contributed by atoms with E-state index in [2.05, 4.69) is 21.9 Å². The predicted octanol–water partition coefficient (Wildman–Crippen LogP) is -7.08. The minimum absolute atomic E-state index is 0.0710. The Labute approximate surface area is 301 Å². The molecule has 4 aliphatic heterocycles. The van der Waals surface area contributed by atoms with Crippen LogP contribution < -0.4 is 5.32 Å². The average Bonchev–Trinajstić information content (AvgIpc) is 3.14. The molecule has 0 saturated carbocycles. The molecule has 12 N–H and O–H groups in total. The van der Waals surface area contributed by atoms with E-state index in [0.29, 0.717) is 0 Å². The van der Waals surface area contributed by atoms with E-state index < -0.39 is 155 Å². The van der Waals surface area contributed by atoms with E-state index in [4.69, 9.17) is 37.9 Å². The molecule has 4 fully saturated rings. The van der Waals surface area contributed by atoms with Crippen LogP contribution in [0.2, 0.25) is 0 Å². The molecule has 4 aliphatic rings. The second kappa shape index (κ2) is 19.6. The van der Waals surface area contributed by atoms with Crippen molar-refractivity contribution in [1.29, 1.82) is 0 Å². The van der Waals surface area contributed by atoms with Crippen LogP contribution in [0.25, 0.3) is 10.4 Å². The Kier molecular flexibility index (Phi) is 16.1. The number of rotatable bonds is 15. The van der Waals surface area contributed by atoms with Crippen LogP contribution in [0.3, 0.4) is 0 Å². The molecular weight excluding hydrogens is 724 g/mol. The number of aliphatic hydroxyl groups excluding tert-OH is 11. The number of ether oxygens (including phenoxy) is 8. The van der Waals surface area contributed by atoms with Crippen LogP contribution in [-0.4, -0.2) is 218 Å². The summed E-state index contributed by atoms with van der Waals surface area (Å²) in [6, 6.07) is -3.02. The molecule has 4 heterocycles. The Morgan fingerprint density at radius 2 is 1.15 bits per heavy atom. The molecule has 0 unspecified atom stereocenters. The van der Waals surface area contributed by atoms with Gasteiger partial charge in [-0.25, -0.2) is 0 Å². The topological polar surface area (TPSA) is 374 Å². The molecule has 1 amide bonds. The van der Waals surface area contributed by atoms with Crippen molar-refractivity contribution in [3.8, 4) is 0 Å². The second-order valence-electron chi connectivity index (χ2n) is 12.7. The molecule has 4 saturated heterocycles. The minimum atomic E-state index is -2.08. The van der Waals surface area contributed by atoms with Gasteiger partial charge in [0.1, 0.15) is 97.5 Å². The highest BCUT2D eigenvalue weighted by molar-refractivity contribution is 5.73. The van der Waals surface area contributed by atoms with E-state index in [1.807, 2.05) is 0 Å². The SMILES string of the molecule is C=CCO[C@@H]1O[C@H](CO)[C@@H](O[C@@H]2O[C@H](CO)[C@@H](O)[C@H](O[C@@H]3O[C@H](CO)[C@@H](O[C@@H]4O[C@H](CO)[C@H](O)[C@H](O)[C@H]4O)[C@H](O)[C@H]3O)[C@H]2N=[N+]=[N-])[C@H](O)[C@H]1NC(C)=O. The number of nitrogens with one attached hydrogen (secondary N) is 1. The Balaban J connectivity index is 1.56. The molecule has 24 heteroatoms. The Morgan fingerprint density at radius 1 is 0.679 bits per heavy atom. The van der Waals surface area contributed by atoms with Crippen LogP contribution in [0, 0.1) is 0 Å². The summed E-state index contributed by atoms with van der Waals surface area (Å²) < 4.78 is 45.2. The van der Waals surface area contributed by atoms with Gasteiger partial charge in [0.25, 0.3) is 0 Å². The third-order valence-electron chi connectivity index (χ3n) is 9.15. The summed E-state index contributed by atoms with van der Waals surface area (Å²) in [5, 5.41) is 121. The van der Waals surface area contributed by atoms with Gasteiger partial charge in [0, 0.05) is 11.8 Å². The van der Waals surface area contributed by atoms with Gasteiger partial charge >= 0.3 is 0 Å².